The Balaban J connectivity index is 1.46. The van der Waals surface area contributed by atoms with Gasteiger partial charge in [-0.2, -0.15) is 0 Å². The number of aromatic nitrogens is 4. The van der Waals surface area contributed by atoms with E-state index < -0.39 is 0 Å². The molecule has 2 heterocycles. The van der Waals surface area contributed by atoms with Crippen LogP contribution in [0.15, 0.2) is 70.2 Å². The molecule has 0 saturated heterocycles. The number of rotatable bonds is 6. The van der Waals surface area contributed by atoms with E-state index in [-0.39, 0.29) is 5.25 Å². The van der Waals surface area contributed by atoms with Crippen molar-refractivity contribution < 1.29 is 4.42 Å². The van der Waals surface area contributed by atoms with Crippen LogP contribution in [0.2, 0.25) is 0 Å². The van der Waals surface area contributed by atoms with E-state index in [2.05, 4.69) is 46.4 Å². The van der Waals surface area contributed by atoms with Gasteiger partial charge in [0.15, 0.2) is 5.16 Å². The number of benzene rings is 2. The Morgan fingerprint density at radius 3 is 2.44 bits per heavy atom. The molecular weight excluding hydrogens is 356 g/mol. The number of nitrogens with zero attached hydrogens (tertiary/aromatic N) is 3. The summed E-state index contributed by atoms with van der Waals surface area (Å²) in [5, 5.41) is 9.24. The summed E-state index contributed by atoms with van der Waals surface area (Å²) in [5.41, 5.74) is 4.32. The zero-order chi connectivity index (χ0) is 18.6. The van der Waals surface area contributed by atoms with Crippen LogP contribution in [-0.2, 0) is 6.42 Å². The van der Waals surface area contributed by atoms with E-state index in [1.807, 2.05) is 43.3 Å². The molecule has 1 unspecified atom stereocenters. The topological polar surface area (TPSA) is 67.6 Å². The van der Waals surface area contributed by atoms with Gasteiger partial charge in [-0.25, -0.2) is 4.98 Å². The largest absolute Gasteiger partial charge is 0.419 e. The van der Waals surface area contributed by atoms with Crippen molar-refractivity contribution >= 4 is 11.8 Å². The third-order valence-electron chi connectivity index (χ3n) is 4.28. The van der Waals surface area contributed by atoms with Crippen molar-refractivity contribution in [3.8, 4) is 11.5 Å². The highest BCUT2D eigenvalue weighted by Crippen LogP contribution is 2.34. The molecule has 0 aliphatic rings. The molecule has 4 aromatic rings. The van der Waals surface area contributed by atoms with E-state index in [1.54, 1.807) is 11.8 Å². The lowest BCUT2D eigenvalue weighted by molar-refractivity contribution is 0.509. The first-order valence-corrected chi connectivity index (χ1v) is 9.72. The van der Waals surface area contributed by atoms with E-state index in [1.165, 1.54) is 5.56 Å². The van der Waals surface area contributed by atoms with Crippen LogP contribution in [-0.4, -0.2) is 20.2 Å². The maximum Gasteiger partial charge on any atom is 0.247 e. The summed E-state index contributed by atoms with van der Waals surface area (Å²) < 4.78 is 5.85. The molecule has 5 nitrogen and oxygen atoms in total. The molecule has 0 amide bonds. The third-order valence-corrected chi connectivity index (χ3v) is 5.25. The van der Waals surface area contributed by atoms with Crippen LogP contribution in [0, 0.1) is 6.92 Å². The van der Waals surface area contributed by atoms with Crippen LogP contribution < -0.4 is 0 Å². The Labute approximate surface area is 162 Å². The lowest BCUT2D eigenvalue weighted by Crippen LogP contribution is -1.91. The molecule has 0 aliphatic heterocycles. The van der Waals surface area contributed by atoms with E-state index >= 15 is 0 Å². The lowest BCUT2D eigenvalue weighted by atomic mass is 10.1. The second-order valence-corrected chi connectivity index (χ2v) is 7.68. The van der Waals surface area contributed by atoms with Crippen molar-refractivity contribution in [2.24, 2.45) is 0 Å². The van der Waals surface area contributed by atoms with Gasteiger partial charge in [-0.05, 0) is 31.5 Å². The molecule has 2 aromatic carbocycles. The third kappa shape index (κ3) is 4.11. The first-order valence-electron chi connectivity index (χ1n) is 8.84. The van der Waals surface area contributed by atoms with E-state index in [9.17, 15) is 0 Å². The van der Waals surface area contributed by atoms with Crippen LogP contribution in [0.25, 0.3) is 11.5 Å². The molecule has 1 N–H and O–H groups in total. The standard InChI is InChI=1S/C21H20N4OS/c1-14-18(13-16-9-5-3-6-10-16)23-21(22-14)27-15(2)19-24-25-20(26-19)17-11-7-4-8-12-17/h3-12,15H,13H2,1-2H3,(H,22,23). The maximum absolute atomic E-state index is 5.85. The number of H-pyrrole nitrogens is 1. The lowest BCUT2D eigenvalue weighted by Gasteiger charge is -2.03. The van der Waals surface area contributed by atoms with E-state index in [0.717, 1.165) is 28.5 Å². The Morgan fingerprint density at radius 1 is 1.00 bits per heavy atom. The van der Waals surface area contributed by atoms with Crippen LogP contribution in [0.1, 0.15) is 35.0 Å². The molecule has 0 saturated carbocycles. The summed E-state index contributed by atoms with van der Waals surface area (Å²) in [6.45, 7) is 4.10. The Bertz CT molecular complexity index is 1010. The quantitative estimate of drug-likeness (QED) is 0.468. The van der Waals surface area contributed by atoms with Gasteiger partial charge in [0, 0.05) is 17.7 Å². The van der Waals surface area contributed by atoms with Crippen molar-refractivity contribution in [2.75, 3.05) is 0 Å². The van der Waals surface area contributed by atoms with Gasteiger partial charge in [0.1, 0.15) is 0 Å². The number of imidazole rings is 1. The van der Waals surface area contributed by atoms with Crippen LogP contribution >= 0.6 is 11.8 Å². The van der Waals surface area contributed by atoms with Gasteiger partial charge in [0.2, 0.25) is 11.8 Å². The number of aromatic amines is 1. The van der Waals surface area contributed by atoms with Crippen LogP contribution in [0.3, 0.4) is 0 Å². The van der Waals surface area contributed by atoms with Gasteiger partial charge >= 0.3 is 0 Å². The molecule has 6 heteroatoms. The average Bonchev–Trinajstić information content (AvgIpc) is 3.31. The zero-order valence-corrected chi connectivity index (χ0v) is 16.0. The second kappa shape index (κ2) is 7.80. The molecule has 0 aliphatic carbocycles. The van der Waals surface area contributed by atoms with Crippen LogP contribution in [0.4, 0.5) is 0 Å². The normalized spacial score (nSPS) is 12.2. The molecule has 1 atom stereocenters. The van der Waals surface area contributed by atoms with Crippen molar-refractivity contribution in [3.05, 3.63) is 83.5 Å². The Kier molecular flexibility index (Phi) is 5.07. The fourth-order valence-electron chi connectivity index (χ4n) is 2.80. The van der Waals surface area contributed by atoms with Gasteiger partial charge in [0.25, 0.3) is 0 Å². The minimum absolute atomic E-state index is 0.00471. The van der Waals surface area contributed by atoms with E-state index in [0.29, 0.717) is 11.8 Å². The molecule has 4 rings (SSSR count). The predicted molar refractivity (Wildman–Crippen MR) is 107 cm³/mol. The van der Waals surface area contributed by atoms with Gasteiger partial charge in [0.05, 0.1) is 10.9 Å². The highest BCUT2D eigenvalue weighted by molar-refractivity contribution is 7.99. The molecule has 136 valence electrons. The summed E-state index contributed by atoms with van der Waals surface area (Å²) in [4.78, 5) is 8.12. The SMILES string of the molecule is Cc1[nH]c(SC(C)c2nnc(-c3ccccc3)o2)nc1Cc1ccccc1. The monoisotopic (exact) mass is 376 g/mol. The minimum Gasteiger partial charge on any atom is -0.419 e. The summed E-state index contributed by atoms with van der Waals surface area (Å²) in [7, 11) is 0. The minimum atomic E-state index is 0.00471. The van der Waals surface area contributed by atoms with Gasteiger partial charge < -0.3 is 9.40 Å². The second-order valence-electron chi connectivity index (χ2n) is 6.35. The van der Waals surface area contributed by atoms with Crippen LogP contribution in [0.5, 0.6) is 0 Å². The first-order chi connectivity index (χ1) is 13.2. The first kappa shape index (κ1) is 17.5. The molecule has 0 fully saturated rings. The fraction of sp³-hybridized carbons (Fsp3) is 0.190. The highest BCUT2D eigenvalue weighted by atomic mass is 32.2. The predicted octanol–water partition coefficient (Wildman–Crippen LogP) is 5.21. The average molecular weight is 376 g/mol. The van der Waals surface area contributed by atoms with Gasteiger partial charge in [-0.3, -0.25) is 0 Å². The molecule has 2 aromatic heterocycles. The van der Waals surface area contributed by atoms with Gasteiger partial charge in [-0.1, -0.05) is 60.3 Å². The van der Waals surface area contributed by atoms with Crippen molar-refractivity contribution in [1.29, 1.82) is 0 Å². The molecule has 27 heavy (non-hydrogen) atoms. The summed E-state index contributed by atoms with van der Waals surface area (Å²) in [6.07, 6.45) is 0.816. The molecule has 0 spiro atoms. The maximum atomic E-state index is 5.85. The molecule has 0 bridgehead atoms. The molecule has 0 radical (unpaired) electrons. The number of aryl methyl sites for hydroxylation is 1. The molecular formula is C21H20N4OS. The highest BCUT2D eigenvalue weighted by Gasteiger charge is 2.18. The van der Waals surface area contributed by atoms with Crippen molar-refractivity contribution in [1.82, 2.24) is 20.2 Å². The smallest absolute Gasteiger partial charge is 0.247 e. The summed E-state index contributed by atoms with van der Waals surface area (Å²) >= 11 is 1.59. The van der Waals surface area contributed by atoms with Crippen molar-refractivity contribution in [2.45, 2.75) is 30.7 Å². The number of nitrogens with one attached hydrogen (secondary N) is 1. The number of thioether (sulfide) groups is 1. The summed E-state index contributed by atoms with van der Waals surface area (Å²) in [5.74, 6) is 1.14. The number of hydrogen-bond donors (Lipinski definition) is 1. The zero-order valence-electron chi connectivity index (χ0n) is 15.2. The van der Waals surface area contributed by atoms with E-state index in [4.69, 9.17) is 9.40 Å². The van der Waals surface area contributed by atoms with Crippen molar-refractivity contribution in [3.63, 3.8) is 0 Å². The fourth-order valence-corrected chi connectivity index (χ4v) is 3.70. The van der Waals surface area contributed by atoms with Gasteiger partial charge in [-0.15, -0.1) is 10.2 Å². The Morgan fingerprint density at radius 2 is 1.70 bits per heavy atom. The Hall–Kier alpha value is -2.86. The number of hydrogen-bond acceptors (Lipinski definition) is 5. The summed E-state index contributed by atoms with van der Waals surface area (Å²) in [6, 6.07) is 20.2.